The smallest absolute Gasteiger partial charge is 0.337 e. The summed E-state index contributed by atoms with van der Waals surface area (Å²) in [6, 6.07) is 15.5. The van der Waals surface area contributed by atoms with E-state index in [9.17, 15) is 14.7 Å². The van der Waals surface area contributed by atoms with E-state index in [1.54, 1.807) is 4.57 Å². The summed E-state index contributed by atoms with van der Waals surface area (Å²) in [6.45, 7) is 14.2. The number of aromatic nitrogens is 1. The fourth-order valence-electron chi connectivity index (χ4n) is 5.50. The lowest BCUT2D eigenvalue weighted by molar-refractivity contribution is -0.160. The summed E-state index contributed by atoms with van der Waals surface area (Å²) in [5, 5.41) is 10.5. The Hall–Kier alpha value is -4.01. The van der Waals surface area contributed by atoms with Gasteiger partial charge in [-0.15, -0.1) is 0 Å². The van der Waals surface area contributed by atoms with Crippen molar-refractivity contribution < 1.29 is 19.4 Å². The number of rotatable bonds is 7. The molecule has 1 N–H and O–H groups in total. The van der Waals surface area contributed by atoms with Gasteiger partial charge in [0.1, 0.15) is 5.75 Å². The number of nitrogens with zero attached hydrogens (tertiary/aromatic N) is 2. The number of carboxylic acids is 1. The molecule has 0 saturated carbocycles. The number of aliphatic carboxylic acids is 1. The normalized spacial score (nSPS) is 15.0. The van der Waals surface area contributed by atoms with Crippen LogP contribution in [0.1, 0.15) is 62.5 Å². The van der Waals surface area contributed by atoms with Crippen molar-refractivity contribution in [2.24, 2.45) is 4.99 Å². The molecular weight excluding hydrogens is 536 g/mol. The molecule has 0 aliphatic carbocycles. The molecule has 41 heavy (non-hydrogen) atoms. The fourth-order valence-corrected chi connectivity index (χ4v) is 6.55. The first-order valence-corrected chi connectivity index (χ1v) is 14.4. The highest BCUT2D eigenvalue weighted by Crippen LogP contribution is 2.50. The Morgan fingerprint density at radius 3 is 2.59 bits per heavy atom. The molecule has 8 heteroatoms. The van der Waals surface area contributed by atoms with Gasteiger partial charge in [0.25, 0.3) is 0 Å². The Bertz CT molecular complexity index is 1740. The van der Waals surface area contributed by atoms with Gasteiger partial charge in [-0.2, -0.15) is 0 Å². The quantitative estimate of drug-likeness (QED) is 0.232. The molecular formula is C33H34N2O5S. The van der Waals surface area contributed by atoms with Crippen LogP contribution in [0, 0.1) is 6.92 Å². The first-order valence-electron chi connectivity index (χ1n) is 13.6. The van der Waals surface area contributed by atoms with Gasteiger partial charge in [0, 0.05) is 28.7 Å². The predicted molar refractivity (Wildman–Crippen MR) is 166 cm³/mol. The minimum atomic E-state index is -1.28. The monoisotopic (exact) mass is 570 g/mol. The van der Waals surface area contributed by atoms with Gasteiger partial charge in [0.05, 0.1) is 34.7 Å². The highest BCUT2D eigenvalue weighted by atomic mass is 32.1. The van der Waals surface area contributed by atoms with Crippen molar-refractivity contribution in [3.05, 3.63) is 86.5 Å². The predicted octanol–water partition coefficient (Wildman–Crippen LogP) is 7.55. The highest BCUT2D eigenvalue weighted by Gasteiger charge is 2.34. The van der Waals surface area contributed by atoms with Crippen molar-refractivity contribution in [2.75, 3.05) is 6.61 Å². The Morgan fingerprint density at radius 1 is 1.22 bits per heavy atom. The van der Waals surface area contributed by atoms with Gasteiger partial charge in [-0.3, -0.25) is 14.4 Å². The molecule has 1 aliphatic heterocycles. The molecule has 0 radical (unpaired) electrons. The van der Waals surface area contributed by atoms with Crippen molar-refractivity contribution >= 4 is 45.5 Å². The maximum atomic E-state index is 13.5. The molecule has 212 valence electrons. The van der Waals surface area contributed by atoms with E-state index in [1.165, 1.54) is 0 Å². The summed E-state index contributed by atoms with van der Waals surface area (Å²) >= 11 is 1.10. The molecule has 0 amide bonds. The standard InChI is InChI=1S/C33H34N2O5S/c1-7-21-15-16-39-24-14-13-22(28(34-6)26(21)24)27-25(29(31(36)37)40-33(3,4)5)19(2)17-23-30(27)41-32(38)35(23)18-20-11-9-8-10-12-20/h7-14,17,29H,6,15-16,18H2,1-5H3,(H,36,37). The SMILES string of the molecule is C=Nc1c(-c2c(C(OC(C)(C)C)C(=O)O)c(C)cc3c2sc(=O)n3Cc2ccccc2)ccc2c1C(=CC)CCO2. The van der Waals surface area contributed by atoms with E-state index < -0.39 is 17.7 Å². The number of ether oxygens (including phenoxy) is 2. The van der Waals surface area contributed by atoms with E-state index in [0.717, 1.165) is 40.0 Å². The molecule has 5 rings (SSSR count). The second-order valence-electron chi connectivity index (χ2n) is 11.1. The third kappa shape index (κ3) is 5.37. The number of hydrogen-bond donors (Lipinski definition) is 1. The van der Waals surface area contributed by atoms with Gasteiger partial charge in [-0.1, -0.05) is 47.7 Å². The molecule has 0 spiro atoms. The number of allylic oxidation sites excluding steroid dienone is 1. The summed E-state index contributed by atoms with van der Waals surface area (Å²) in [7, 11) is 0. The number of carbonyl (C=O) groups is 1. The number of hydrogen-bond acceptors (Lipinski definition) is 6. The Balaban J connectivity index is 1.89. The van der Waals surface area contributed by atoms with Crippen LogP contribution >= 0.6 is 11.3 Å². The number of fused-ring (bicyclic) bond motifs is 2. The number of benzene rings is 3. The number of carboxylic acid groups (broad SMARTS) is 1. The Morgan fingerprint density at radius 2 is 1.95 bits per heavy atom. The molecule has 0 saturated heterocycles. The Labute approximate surface area is 243 Å². The largest absolute Gasteiger partial charge is 0.493 e. The average Bonchev–Trinajstić information content (AvgIpc) is 3.24. The van der Waals surface area contributed by atoms with Crippen LogP contribution in [0.3, 0.4) is 0 Å². The molecule has 7 nitrogen and oxygen atoms in total. The number of aliphatic imine (C=N–C) groups is 1. The van der Waals surface area contributed by atoms with Gasteiger partial charge in [-0.25, -0.2) is 4.79 Å². The first-order chi connectivity index (χ1) is 19.5. The average molecular weight is 571 g/mol. The van der Waals surface area contributed by atoms with Crippen molar-refractivity contribution in [3.63, 3.8) is 0 Å². The summed E-state index contributed by atoms with van der Waals surface area (Å²) in [6.07, 6.45) is 1.49. The maximum Gasteiger partial charge on any atom is 0.337 e. The van der Waals surface area contributed by atoms with Crippen LogP contribution in [-0.2, 0) is 16.1 Å². The summed E-state index contributed by atoms with van der Waals surface area (Å²) in [5.41, 5.74) is 6.01. The van der Waals surface area contributed by atoms with E-state index in [1.807, 2.05) is 89.2 Å². The van der Waals surface area contributed by atoms with E-state index in [-0.39, 0.29) is 4.87 Å². The third-order valence-corrected chi connectivity index (χ3v) is 8.23. The molecule has 4 aromatic rings. The first kappa shape index (κ1) is 28.5. The number of thiazole rings is 1. The zero-order valence-corrected chi connectivity index (χ0v) is 24.8. The fraction of sp³-hybridized carbons (Fsp3) is 0.303. The molecule has 1 unspecified atom stereocenters. The topological polar surface area (TPSA) is 90.1 Å². The molecule has 1 aromatic heterocycles. The van der Waals surface area contributed by atoms with Gasteiger partial charge >= 0.3 is 10.8 Å². The van der Waals surface area contributed by atoms with Crippen molar-refractivity contribution in [1.82, 2.24) is 4.57 Å². The summed E-state index contributed by atoms with van der Waals surface area (Å²) < 4.78 is 14.6. The summed E-state index contributed by atoms with van der Waals surface area (Å²) in [4.78, 5) is 30.7. The molecule has 0 bridgehead atoms. The molecule has 2 heterocycles. The second-order valence-corrected chi connectivity index (χ2v) is 12.1. The third-order valence-electron chi connectivity index (χ3n) is 7.21. The van der Waals surface area contributed by atoms with Crippen LogP contribution in [0.25, 0.3) is 26.9 Å². The lowest BCUT2D eigenvalue weighted by Crippen LogP contribution is -2.28. The van der Waals surface area contributed by atoms with Gasteiger partial charge in [0.15, 0.2) is 6.10 Å². The van der Waals surface area contributed by atoms with E-state index >= 15 is 0 Å². The lowest BCUT2D eigenvalue weighted by Gasteiger charge is -2.29. The molecule has 1 aliphatic rings. The van der Waals surface area contributed by atoms with E-state index in [4.69, 9.17) is 9.47 Å². The van der Waals surface area contributed by atoms with Crippen LogP contribution in [0.2, 0.25) is 0 Å². The van der Waals surface area contributed by atoms with Crippen molar-refractivity contribution in [3.8, 4) is 16.9 Å². The molecule has 0 fully saturated rings. The van der Waals surface area contributed by atoms with Crippen LogP contribution in [0.15, 0.2) is 64.4 Å². The van der Waals surface area contributed by atoms with Crippen LogP contribution in [0.4, 0.5) is 5.69 Å². The van der Waals surface area contributed by atoms with Crippen molar-refractivity contribution in [1.29, 1.82) is 0 Å². The second kappa shape index (κ2) is 11.1. The molecule has 3 aromatic carbocycles. The van der Waals surface area contributed by atoms with Crippen LogP contribution in [0.5, 0.6) is 5.75 Å². The van der Waals surface area contributed by atoms with Gasteiger partial charge in [0.2, 0.25) is 0 Å². The summed E-state index contributed by atoms with van der Waals surface area (Å²) in [5.74, 6) is -0.403. The Kier molecular flexibility index (Phi) is 7.72. The van der Waals surface area contributed by atoms with Crippen molar-refractivity contribution in [2.45, 2.75) is 59.3 Å². The van der Waals surface area contributed by atoms with E-state index in [0.29, 0.717) is 51.5 Å². The zero-order chi connectivity index (χ0) is 29.5. The zero-order valence-electron chi connectivity index (χ0n) is 24.0. The van der Waals surface area contributed by atoms with Crippen LogP contribution in [-0.4, -0.2) is 34.6 Å². The van der Waals surface area contributed by atoms with E-state index in [2.05, 4.69) is 11.7 Å². The maximum absolute atomic E-state index is 13.5. The van der Waals surface area contributed by atoms with Gasteiger partial charge < -0.3 is 14.6 Å². The van der Waals surface area contributed by atoms with Crippen LogP contribution < -0.4 is 9.61 Å². The lowest BCUT2D eigenvalue weighted by atomic mass is 9.87. The molecule has 1 atom stereocenters. The highest BCUT2D eigenvalue weighted by molar-refractivity contribution is 7.17. The minimum absolute atomic E-state index is 0.131. The number of aryl methyl sites for hydroxylation is 1. The minimum Gasteiger partial charge on any atom is -0.493 e. The van der Waals surface area contributed by atoms with Gasteiger partial charge in [-0.05, 0) is 76.2 Å².